The third-order valence-electron chi connectivity index (χ3n) is 1.21. The van der Waals surface area contributed by atoms with Crippen molar-refractivity contribution in [1.29, 1.82) is 0 Å². The number of esters is 1. The molecule has 15 heavy (non-hydrogen) atoms. The highest BCUT2D eigenvalue weighted by Gasteiger charge is 2.06. The van der Waals surface area contributed by atoms with E-state index in [-0.39, 0.29) is 6.61 Å². The van der Waals surface area contributed by atoms with Crippen LogP contribution in [0.4, 0.5) is 0 Å². The molecule has 0 aromatic heterocycles. The van der Waals surface area contributed by atoms with Gasteiger partial charge in [-0.15, -0.1) is 0 Å². The van der Waals surface area contributed by atoms with Crippen LogP contribution in [0, 0.1) is 0 Å². The van der Waals surface area contributed by atoms with Crippen LogP contribution in [-0.4, -0.2) is 29.9 Å². The maximum atomic E-state index is 10.9. The lowest BCUT2D eigenvalue weighted by atomic mass is 10.4. The SMILES string of the molecule is C=C(C)COC(C)OC(=O)/C=C\C(=O)O. The van der Waals surface area contributed by atoms with Crippen molar-refractivity contribution in [3.63, 3.8) is 0 Å². The molecule has 1 atom stereocenters. The van der Waals surface area contributed by atoms with E-state index in [0.717, 1.165) is 11.6 Å². The molecule has 0 saturated carbocycles. The van der Waals surface area contributed by atoms with Gasteiger partial charge in [-0.25, -0.2) is 9.59 Å². The van der Waals surface area contributed by atoms with Gasteiger partial charge in [0.2, 0.25) is 6.29 Å². The number of ether oxygens (including phenoxy) is 2. The summed E-state index contributed by atoms with van der Waals surface area (Å²) < 4.78 is 9.76. The minimum absolute atomic E-state index is 0.289. The van der Waals surface area contributed by atoms with E-state index in [2.05, 4.69) is 6.58 Å². The molecule has 0 amide bonds. The quantitative estimate of drug-likeness (QED) is 0.310. The van der Waals surface area contributed by atoms with Crippen LogP contribution >= 0.6 is 0 Å². The number of carboxylic acids is 1. The van der Waals surface area contributed by atoms with Crippen molar-refractivity contribution < 1.29 is 24.2 Å². The summed E-state index contributed by atoms with van der Waals surface area (Å²) in [6.45, 7) is 7.21. The second kappa shape index (κ2) is 6.78. The van der Waals surface area contributed by atoms with Crippen molar-refractivity contribution in [2.24, 2.45) is 0 Å². The van der Waals surface area contributed by atoms with E-state index in [0.29, 0.717) is 6.08 Å². The predicted molar refractivity (Wildman–Crippen MR) is 53.1 cm³/mol. The van der Waals surface area contributed by atoms with Gasteiger partial charge in [-0.05, 0) is 13.8 Å². The Morgan fingerprint density at radius 2 is 2.07 bits per heavy atom. The number of rotatable bonds is 6. The minimum Gasteiger partial charge on any atom is -0.478 e. The monoisotopic (exact) mass is 214 g/mol. The molecule has 0 fully saturated rings. The van der Waals surface area contributed by atoms with Gasteiger partial charge in [0.05, 0.1) is 6.61 Å². The average Bonchev–Trinajstić information content (AvgIpc) is 2.11. The Balaban J connectivity index is 3.86. The lowest BCUT2D eigenvalue weighted by Gasteiger charge is -2.12. The first kappa shape index (κ1) is 13.4. The topological polar surface area (TPSA) is 72.8 Å². The number of carboxylic acid groups (broad SMARTS) is 1. The zero-order valence-corrected chi connectivity index (χ0v) is 8.73. The molecule has 0 spiro atoms. The van der Waals surface area contributed by atoms with Crippen LogP contribution in [0.15, 0.2) is 24.3 Å². The Morgan fingerprint density at radius 3 is 2.53 bits per heavy atom. The number of carbonyl (C=O) groups excluding carboxylic acids is 1. The van der Waals surface area contributed by atoms with Gasteiger partial charge in [-0.2, -0.15) is 0 Å². The standard InChI is InChI=1S/C10H14O5/c1-7(2)6-14-8(3)15-10(13)5-4-9(11)12/h4-5,8H,1,6H2,2-3H3,(H,11,12)/b5-4-. The van der Waals surface area contributed by atoms with Gasteiger partial charge in [0.15, 0.2) is 0 Å². The maximum absolute atomic E-state index is 10.9. The van der Waals surface area contributed by atoms with E-state index in [9.17, 15) is 9.59 Å². The zero-order chi connectivity index (χ0) is 11.8. The minimum atomic E-state index is -1.21. The highest BCUT2D eigenvalue weighted by atomic mass is 16.7. The average molecular weight is 214 g/mol. The molecule has 5 nitrogen and oxygen atoms in total. The third kappa shape index (κ3) is 8.70. The molecule has 0 bridgehead atoms. The molecule has 0 saturated heterocycles. The third-order valence-corrected chi connectivity index (χ3v) is 1.21. The van der Waals surface area contributed by atoms with Crippen molar-refractivity contribution in [2.75, 3.05) is 6.61 Å². The van der Waals surface area contributed by atoms with Gasteiger partial charge in [-0.3, -0.25) is 0 Å². The van der Waals surface area contributed by atoms with E-state index in [1.807, 2.05) is 0 Å². The first-order valence-corrected chi connectivity index (χ1v) is 4.29. The van der Waals surface area contributed by atoms with Gasteiger partial charge in [-0.1, -0.05) is 12.2 Å². The largest absolute Gasteiger partial charge is 0.478 e. The van der Waals surface area contributed by atoms with E-state index in [4.69, 9.17) is 14.6 Å². The van der Waals surface area contributed by atoms with Crippen LogP contribution in [0.3, 0.4) is 0 Å². The summed E-state index contributed by atoms with van der Waals surface area (Å²) >= 11 is 0. The first-order valence-electron chi connectivity index (χ1n) is 4.29. The van der Waals surface area contributed by atoms with E-state index < -0.39 is 18.2 Å². The number of hydrogen-bond acceptors (Lipinski definition) is 4. The van der Waals surface area contributed by atoms with Crippen LogP contribution in [-0.2, 0) is 19.1 Å². The Morgan fingerprint density at radius 1 is 1.47 bits per heavy atom. The van der Waals surface area contributed by atoms with Crippen LogP contribution in [0.1, 0.15) is 13.8 Å². The summed E-state index contributed by atoms with van der Waals surface area (Å²) in [5, 5.41) is 8.24. The Kier molecular flexibility index (Phi) is 6.05. The molecule has 0 aliphatic carbocycles. The van der Waals surface area contributed by atoms with Crippen LogP contribution in [0.5, 0.6) is 0 Å². The zero-order valence-electron chi connectivity index (χ0n) is 8.73. The van der Waals surface area contributed by atoms with Gasteiger partial charge in [0.25, 0.3) is 0 Å². The van der Waals surface area contributed by atoms with Gasteiger partial charge < -0.3 is 14.6 Å². The molecule has 0 aromatic rings. The highest BCUT2D eigenvalue weighted by molar-refractivity contribution is 5.90. The smallest absolute Gasteiger partial charge is 0.333 e. The highest BCUT2D eigenvalue weighted by Crippen LogP contribution is 1.98. The molecule has 0 rings (SSSR count). The summed E-state index contributed by atoms with van der Waals surface area (Å²) in [7, 11) is 0. The van der Waals surface area contributed by atoms with E-state index in [1.54, 1.807) is 6.92 Å². The van der Waals surface area contributed by atoms with Crippen molar-refractivity contribution in [1.82, 2.24) is 0 Å². The van der Waals surface area contributed by atoms with Gasteiger partial charge in [0, 0.05) is 12.2 Å². The fourth-order valence-electron chi connectivity index (χ4n) is 0.636. The van der Waals surface area contributed by atoms with Crippen LogP contribution in [0.25, 0.3) is 0 Å². The second-order valence-electron chi connectivity index (χ2n) is 2.94. The molecule has 1 unspecified atom stereocenters. The van der Waals surface area contributed by atoms with Gasteiger partial charge in [0.1, 0.15) is 0 Å². The summed E-state index contributed by atoms with van der Waals surface area (Å²) in [4.78, 5) is 21.0. The molecule has 0 heterocycles. The Labute approximate surface area is 88.0 Å². The van der Waals surface area contributed by atoms with Gasteiger partial charge >= 0.3 is 11.9 Å². The van der Waals surface area contributed by atoms with Crippen LogP contribution in [0.2, 0.25) is 0 Å². The molecular weight excluding hydrogens is 200 g/mol. The molecule has 0 aliphatic rings. The summed E-state index contributed by atoms with van der Waals surface area (Å²) in [6.07, 6.45) is 0.796. The molecule has 84 valence electrons. The first-order chi connectivity index (χ1) is 6.91. The Hall–Kier alpha value is -1.62. The van der Waals surface area contributed by atoms with Crippen molar-refractivity contribution in [3.8, 4) is 0 Å². The number of aliphatic carboxylic acids is 1. The lowest BCUT2D eigenvalue weighted by Crippen LogP contribution is -2.17. The number of hydrogen-bond donors (Lipinski definition) is 1. The molecule has 0 aliphatic heterocycles. The van der Waals surface area contributed by atoms with Crippen molar-refractivity contribution >= 4 is 11.9 Å². The fourth-order valence-corrected chi connectivity index (χ4v) is 0.636. The summed E-state index contributed by atoms with van der Waals surface area (Å²) in [6, 6.07) is 0. The maximum Gasteiger partial charge on any atom is 0.333 e. The molecule has 0 aromatic carbocycles. The van der Waals surface area contributed by atoms with E-state index in [1.165, 1.54) is 6.92 Å². The molecular formula is C10H14O5. The van der Waals surface area contributed by atoms with Crippen molar-refractivity contribution in [3.05, 3.63) is 24.3 Å². The summed E-state index contributed by atoms with van der Waals surface area (Å²) in [5.41, 5.74) is 0.805. The molecule has 1 N–H and O–H groups in total. The molecule has 5 heteroatoms. The molecule has 0 radical (unpaired) electrons. The van der Waals surface area contributed by atoms with Crippen molar-refractivity contribution in [2.45, 2.75) is 20.1 Å². The normalized spacial score (nSPS) is 12.4. The second-order valence-corrected chi connectivity index (χ2v) is 2.94. The predicted octanol–water partition coefficient (Wildman–Crippen LogP) is 1.11. The fraction of sp³-hybridized carbons (Fsp3) is 0.400. The van der Waals surface area contributed by atoms with E-state index >= 15 is 0 Å². The number of carbonyl (C=O) groups is 2. The lowest BCUT2D eigenvalue weighted by molar-refractivity contribution is -0.167. The Bertz CT molecular complexity index is 280. The van der Waals surface area contributed by atoms with Crippen LogP contribution < -0.4 is 0 Å². The summed E-state index contributed by atoms with van der Waals surface area (Å²) in [5.74, 6) is -1.96.